The molecule has 1 fully saturated rings. The van der Waals surface area contributed by atoms with Crippen LogP contribution in [-0.2, 0) is 11.3 Å². The van der Waals surface area contributed by atoms with Crippen molar-refractivity contribution in [1.82, 2.24) is 5.43 Å². The first-order valence-electron chi connectivity index (χ1n) is 5.99. The van der Waals surface area contributed by atoms with E-state index in [1.807, 2.05) is 24.3 Å². The lowest BCUT2D eigenvalue weighted by Gasteiger charge is -2.03. The summed E-state index contributed by atoms with van der Waals surface area (Å²) in [5, 5.41) is 4.06. The van der Waals surface area contributed by atoms with Gasteiger partial charge in [0, 0.05) is 6.61 Å². The lowest BCUT2D eigenvalue weighted by molar-refractivity contribution is 0.111. The number of hydrazone groups is 1. The zero-order valence-corrected chi connectivity index (χ0v) is 11.0. The second-order valence-electron chi connectivity index (χ2n) is 4.43. The molecular formula is C13H17N3OS. The van der Waals surface area contributed by atoms with E-state index in [-0.39, 0.29) is 5.11 Å². The minimum atomic E-state index is 0.163. The fourth-order valence-electron chi connectivity index (χ4n) is 1.50. The highest BCUT2D eigenvalue weighted by Crippen LogP contribution is 2.29. The van der Waals surface area contributed by atoms with E-state index in [9.17, 15) is 0 Å². The molecule has 5 heteroatoms. The van der Waals surface area contributed by atoms with E-state index in [2.05, 4.69) is 22.7 Å². The predicted molar refractivity (Wildman–Crippen MR) is 76.3 cm³/mol. The number of rotatable bonds is 6. The third-order valence-electron chi connectivity index (χ3n) is 2.69. The normalized spacial score (nSPS) is 14.9. The number of hydrogen-bond donors (Lipinski definition) is 2. The third kappa shape index (κ3) is 4.81. The number of nitrogens with one attached hydrogen (secondary N) is 1. The Balaban J connectivity index is 1.76. The van der Waals surface area contributed by atoms with Crippen LogP contribution in [0.2, 0.25) is 0 Å². The summed E-state index contributed by atoms with van der Waals surface area (Å²) < 4.78 is 5.62. The molecular weight excluding hydrogens is 246 g/mol. The summed E-state index contributed by atoms with van der Waals surface area (Å²) in [6.45, 7) is 1.57. The molecule has 1 aromatic rings. The molecule has 18 heavy (non-hydrogen) atoms. The lowest BCUT2D eigenvalue weighted by atomic mass is 10.1. The molecule has 0 spiro atoms. The van der Waals surface area contributed by atoms with Crippen LogP contribution in [0.1, 0.15) is 24.0 Å². The Morgan fingerprint density at radius 2 is 2.17 bits per heavy atom. The molecule has 0 radical (unpaired) electrons. The van der Waals surface area contributed by atoms with Crippen molar-refractivity contribution in [3.8, 4) is 0 Å². The molecule has 0 bridgehead atoms. The summed E-state index contributed by atoms with van der Waals surface area (Å²) >= 11 is 4.64. The molecule has 96 valence electrons. The van der Waals surface area contributed by atoms with Crippen molar-refractivity contribution in [1.29, 1.82) is 0 Å². The zero-order valence-electron chi connectivity index (χ0n) is 10.1. The van der Waals surface area contributed by atoms with E-state index < -0.39 is 0 Å². The molecule has 0 aliphatic heterocycles. The van der Waals surface area contributed by atoms with Crippen molar-refractivity contribution in [3.05, 3.63) is 35.4 Å². The second-order valence-corrected chi connectivity index (χ2v) is 4.87. The fraction of sp³-hybridized carbons (Fsp3) is 0.385. The van der Waals surface area contributed by atoms with Gasteiger partial charge < -0.3 is 10.5 Å². The Hall–Kier alpha value is -1.46. The monoisotopic (exact) mass is 263 g/mol. The Morgan fingerprint density at radius 3 is 2.78 bits per heavy atom. The third-order valence-corrected chi connectivity index (χ3v) is 2.78. The summed E-state index contributed by atoms with van der Waals surface area (Å²) in [6.07, 6.45) is 4.32. The van der Waals surface area contributed by atoms with E-state index in [0.717, 1.165) is 18.1 Å². The summed E-state index contributed by atoms with van der Waals surface area (Å²) in [6, 6.07) is 8.05. The number of nitrogens with two attached hydrogens (primary N) is 1. The minimum Gasteiger partial charge on any atom is -0.376 e. The highest BCUT2D eigenvalue weighted by atomic mass is 32.1. The van der Waals surface area contributed by atoms with E-state index in [1.54, 1.807) is 6.21 Å². The molecule has 0 saturated heterocycles. The summed E-state index contributed by atoms with van der Waals surface area (Å²) in [5.74, 6) is 0.808. The predicted octanol–water partition coefficient (Wildman–Crippen LogP) is 1.78. The van der Waals surface area contributed by atoms with Crippen molar-refractivity contribution >= 4 is 23.5 Å². The van der Waals surface area contributed by atoms with Gasteiger partial charge in [0.25, 0.3) is 0 Å². The van der Waals surface area contributed by atoms with Gasteiger partial charge in [0.05, 0.1) is 12.8 Å². The van der Waals surface area contributed by atoms with Gasteiger partial charge in [-0.25, -0.2) is 0 Å². The maximum atomic E-state index is 5.62. The molecule has 0 atom stereocenters. The molecule has 2 rings (SSSR count). The Kier molecular flexibility index (Phi) is 4.66. The first kappa shape index (κ1) is 13.0. The maximum absolute atomic E-state index is 5.62. The van der Waals surface area contributed by atoms with Crippen LogP contribution in [0, 0.1) is 5.92 Å². The smallest absolute Gasteiger partial charge is 0.184 e. The van der Waals surface area contributed by atoms with Crippen molar-refractivity contribution in [2.75, 3.05) is 6.61 Å². The summed E-state index contributed by atoms with van der Waals surface area (Å²) in [4.78, 5) is 0. The van der Waals surface area contributed by atoms with Crippen LogP contribution in [0.3, 0.4) is 0 Å². The van der Waals surface area contributed by atoms with Gasteiger partial charge in [-0.1, -0.05) is 24.3 Å². The Labute approximate surface area is 112 Å². The van der Waals surface area contributed by atoms with Gasteiger partial charge in [-0.15, -0.1) is 0 Å². The number of nitrogens with zero attached hydrogens (tertiary/aromatic N) is 1. The molecule has 1 saturated carbocycles. The van der Waals surface area contributed by atoms with Gasteiger partial charge in [-0.2, -0.15) is 5.10 Å². The first-order chi connectivity index (χ1) is 8.74. The minimum absolute atomic E-state index is 0.163. The van der Waals surface area contributed by atoms with Crippen molar-refractivity contribution < 1.29 is 4.74 Å². The zero-order chi connectivity index (χ0) is 12.8. The summed E-state index contributed by atoms with van der Waals surface area (Å²) in [5.41, 5.74) is 9.94. The van der Waals surface area contributed by atoms with Gasteiger partial charge in [-0.3, -0.25) is 5.43 Å². The molecule has 1 aliphatic carbocycles. The Morgan fingerprint density at radius 1 is 1.44 bits per heavy atom. The Bertz CT molecular complexity index is 426. The molecule has 4 nitrogen and oxygen atoms in total. The molecule has 0 unspecified atom stereocenters. The topological polar surface area (TPSA) is 59.6 Å². The molecule has 1 aromatic carbocycles. The first-order valence-corrected chi connectivity index (χ1v) is 6.40. The average molecular weight is 263 g/mol. The van der Waals surface area contributed by atoms with E-state index in [4.69, 9.17) is 10.5 Å². The van der Waals surface area contributed by atoms with Crippen LogP contribution in [0.25, 0.3) is 0 Å². The standard InChI is InChI=1S/C13H17N3OS/c14-13(18)16-15-7-10-1-3-11(4-2-10)8-17-9-12-5-6-12/h1-4,7,12H,5-6,8-9H2,(H3,14,16,18). The molecule has 1 aliphatic rings. The number of ether oxygens (including phenoxy) is 1. The fourth-order valence-corrected chi connectivity index (χ4v) is 1.55. The largest absolute Gasteiger partial charge is 0.376 e. The average Bonchev–Trinajstić information content (AvgIpc) is 3.15. The van der Waals surface area contributed by atoms with Crippen LogP contribution in [0.15, 0.2) is 29.4 Å². The summed E-state index contributed by atoms with van der Waals surface area (Å²) in [7, 11) is 0. The molecule has 0 heterocycles. The SMILES string of the molecule is NC(=S)NN=Cc1ccc(COCC2CC2)cc1. The van der Waals surface area contributed by atoms with Crippen LogP contribution in [0.4, 0.5) is 0 Å². The van der Waals surface area contributed by atoms with Crippen LogP contribution >= 0.6 is 12.2 Å². The second kappa shape index (κ2) is 6.47. The number of hydrogen-bond acceptors (Lipinski definition) is 3. The quantitative estimate of drug-likeness (QED) is 0.466. The maximum Gasteiger partial charge on any atom is 0.184 e. The van der Waals surface area contributed by atoms with Crippen LogP contribution < -0.4 is 11.2 Å². The highest BCUT2D eigenvalue weighted by Gasteiger charge is 2.20. The van der Waals surface area contributed by atoms with Gasteiger partial charge >= 0.3 is 0 Å². The van der Waals surface area contributed by atoms with E-state index >= 15 is 0 Å². The highest BCUT2D eigenvalue weighted by molar-refractivity contribution is 7.80. The number of benzene rings is 1. The number of thiocarbonyl (C=S) groups is 1. The van der Waals surface area contributed by atoms with Crippen molar-refractivity contribution in [3.63, 3.8) is 0 Å². The molecule has 3 N–H and O–H groups in total. The van der Waals surface area contributed by atoms with E-state index in [0.29, 0.717) is 6.61 Å². The lowest BCUT2D eigenvalue weighted by Crippen LogP contribution is -2.23. The van der Waals surface area contributed by atoms with Gasteiger partial charge in [0.2, 0.25) is 0 Å². The van der Waals surface area contributed by atoms with Crippen LogP contribution in [-0.4, -0.2) is 17.9 Å². The van der Waals surface area contributed by atoms with E-state index in [1.165, 1.54) is 18.4 Å². The van der Waals surface area contributed by atoms with Gasteiger partial charge in [0.15, 0.2) is 5.11 Å². The van der Waals surface area contributed by atoms with Gasteiger partial charge in [-0.05, 0) is 42.1 Å². The van der Waals surface area contributed by atoms with Crippen molar-refractivity contribution in [2.45, 2.75) is 19.4 Å². The molecule has 0 aromatic heterocycles. The molecule has 0 amide bonds. The van der Waals surface area contributed by atoms with Crippen molar-refractivity contribution in [2.24, 2.45) is 16.8 Å². The van der Waals surface area contributed by atoms with Gasteiger partial charge in [0.1, 0.15) is 0 Å². The van der Waals surface area contributed by atoms with Crippen LogP contribution in [0.5, 0.6) is 0 Å².